The summed E-state index contributed by atoms with van der Waals surface area (Å²) in [7, 11) is 0. The van der Waals surface area contributed by atoms with Gasteiger partial charge in [-0.05, 0) is 37.3 Å². The normalized spacial score (nSPS) is 19.3. The van der Waals surface area contributed by atoms with Crippen LogP contribution in [0.5, 0.6) is 5.75 Å². The summed E-state index contributed by atoms with van der Waals surface area (Å²) in [6.07, 6.45) is 1.01. The summed E-state index contributed by atoms with van der Waals surface area (Å²) in [6.45, 7) is 2.59. The van der Waals surface area contributed by atoms with Gasteiger partial charge in [-0.2, -0.15) is 0 Å². The van der Waals surface area contributed by atoms with Crippen molar-refractivity contribution in [3.8, 4) is 5.75 Å². The fourth-order valence-corrected chi connectivity index (χ4v) is 3.13. The fraction of sp³-hybridized carbons (Fsp3) is 0.300. The third-order valence-electron chi connectivity index (χ3n) is 4.54. The number of pyridine rings is 1. The van der Waals surface area contributed by atoms with Gasteiger partial charge < -0.3 is 24.3 Å². The Morgan fingerprint density at radius 1 is 1.33 bits per heavy atom. The highest BCUT2D eigenvalue weighted by molar-refractivity contribution is 6.07. The zero-order valence-electron chi connectivity index (χ0n) is 14.8. The van der Waals surface area contributed by atoms with Gasteiger partial charge in [0.1, 0.15) is 23.7 Å². The van der Waals surface area contributed by atoms with Crippen molar-refractivity contribution in [1.29, 1.82) is 0 Å². The molecule has 27 heavy (non-hydrogen) atoms. The van der Waals surface area contributed by atoms with E-state index in [9.17, 15) is 9.90 Å². The van der Waals surface area contributed by atoms with Crippen molar-refractivity contribution in [2.75, 3.05) is 13.2 Å². The molecule has 1 aliphatic heterocycles. The van der Waals surface area contributed by atoms with Crippen LogP contribution in [0.25, 0.3) is 11.0 Å². The van der Waals surface area contributed by atoms with Gasteiger partial charge in [-0.15, -0.1) is 0 Å². The van der Waals surface area contributed by atoms with Gasteiger partial charge in [-0.25, -0.2) is 0 Å². The van der Waals surface area contributed by atoms with E-state index in [-0.39, 0.29) is 12.5 Å². The molecule has 1 saturated heterocycles. The number of aliphatic hydroxyl groups excluding tert-OH is 1. The molecule has 1 fully saturated rings. The van der Waals surface area contributed by atoms with E-state index in [0.29, 0.717) is 41.3 Å². The summed E-state index contributed by atoms with van der Waals surface area (Å²) < 4.78 is 16.7. The van der Waals surface area contributed by atoms with Gasteiger partial charge in [0.05, 0.1) is 36.6 Å². The lowest BCUT2D eigenvalue weighted by atomic mass is 10.1. The SMILES string of the molecule is Cc1oc2ccc(OCc3ccccn3)cc2c1C(=O)N[C@H]1COC[C@@H]1O. The average Bonchev–Trinajstić information content (AvgIpc) is 3.22. The maximum Gasteiger partial charge on any atom is 0.255 e. The van der Waals surface area contributed by atoms with Crippen molar-refractivity contribution in [3.63, 3.8) is 0 Å². The molecule has 0 aliphatic carbocycles. The predicted molar refractivity (Wildman–Crippen MR) is 97.6 cm³/mol. The first-order chi connectivity index (χ1) is 13.1. The number of furan rings is 1. The van der Waals surface area contributed by atoms with Crippen LogP contribution in [0, 0.1) is 6.92 Å². The molecule has 140 valence electrons. The number of hydrogen-bond acceptors (Lipinski definition) is 6. The van der Waals surface area contributed by atoms with E-state index in [2.05, 4.69) is 10.3 Å². The Kier molecular flexibility index (Phi) is 4.79. The first-order valence-electron chi connectivity index (χ1n) is 8.74. The van der Waals surface area contributed by atoms with Crippen LogP contribution >= 0.6 is 0 Å². The first kappa shape index (κ1) is 17.5. The van der Waals surface area contributed by atoms with Crippen molar-refractivity contribution in [1.82, 2.24) is 10.3 Å². The number of amides is 1. The van der Waals surface area contributed by atoms with E-state index >= 15 is 0 Å². The number of carbonyl (C=O) groups excluding carboxylic acids is 1. The van der Waals surface area contributed by atoms with Crippen LogP contribution in [0.3, 0.4) is 0 Å². The number of hydrogen-bond donors (Lipinski definition) is 2. The Bertz CT molecular complexity index is 954. The van der Waals surface area contributed by atoms with Gasteiger partial charge in [-0.1, -0.05) is 6.07 Å². The third-order valence-corrected chi connectivity index (χ3v) is 4.54. The summed E-state index contributed by atoms with van der Waals surface area (Å²) >= 11 is 0. The van der Waals surface area contributed by atoms with Crippen molar-refractivity contribution in [3.05, 3.63) is 59.6 Å². The molecule has 1 aliphatic rings. The number of aryl methyl sites for hydroxylation is 1. The van der Waals surface area contributed by atoms with E-state index < -0.39 is 12.1 Å². The van der Waals surface area contributed by atoms with Crippen molar-refractivity contribution in [2.24, 2.45) is 0 Å². The largest absolute Gasteiger partial charge is 0.487 e. The molecular weight excluding hydrogens is 348 g/mol. The second-order valence-electron chi connectivity index (χ2n) is 6.49. The molecule has 0 unspecified atom stereocenters. The Morgan fingerprint density at radius 2 is 2.22 bits per heavy atom. The van der Waals surface area contributed by atoms with Crippen molar-refractivity contribution >= 4 is 16.9 Å². The van der Waals surface area contributed by atoms with Crippen LogP contribution < -0.4 is 10.1 Å². The molecule has 4 rings (SSSR count). The molecule has 2 aromatic heterocycles. The molecule has 0 radical (unpaired) electrons. The zero-order chi connectivity index (χ0) is 18.8. The standard InChI is InChI=1S/C20H20N2O5/c1-12-19(20(24)22-16-10-25-11-17(16)23)15-8-14(5-6-18(15)27-12)26-9-13-4-2-3-7-21-13/h2-8,16-17,23H,9-11H2,1H3,(H,22,24)/t16-,17-/m0/s1. The molecule has 3 aromatic rings. The number of fused-ring (bicyclic) bond motifs is 1. The number of rotatable bonds is 5. The molecule has 2 N–H and O–H groups in total. The monoisotopic (exact) mass is 368 g/mol. The number of aliphatic hydroxyl groups is 1. The minimum Gasteiger partial charge on any atom is -0.487 e. The van der Waals surface area contributed by atoms with Crippen molar-refractivity contribution < 1.29 is 23.8 Å². The van der Waals surface area contributed by atoms with Gasteiger partial charge in [-0.3, -0.25) is 9.78 Å². The number of aromatic nitrogens is 1. The lowest BCUT2D eigenvalue weighted by molar-refractivity contribution is 0.0886. The topological polar surface area (TPSA) is 93.8 Å². The van der Waals surface area contributed by atoms with Gasteiger partial charge in [0.15, 0.2) is 0 Å². The molecule has 7 nitrogen and oxygen atoms in total. The lowest BCUT2D eigenvalue weighted by Crippen LogP contribution is -2.42. The molecule has 1 amide bonds. The summed E-state index contributed by atoms with van der Waals surface area (Å²) in [5.41, 5.74) is 1.85. The second-order valence-corrected chi connectivity index (χ2v) is 6.49. The Hall–Kier alpha value is -2.90. The molecular formula is C20H20N2O5. The smallest absolute Gasteiger partial charge is 0.255 e. The minimum absolute atomic E-state index is 0.224. The molecule has 1 aromatic carbocycles. The fourth-order valence-electron chi connectivity index (χ4n) is 3.13. The Morgan fingerprint density at radius 3 is 2.96 bits per heavy atom. The third kappa shape index (κ3) is 3.65. The van der Waals surface area contributed by atoms with Gasteiger partial charge >= 0.3 is 0 Å². The van der Waals surface area contributed by atoms with Crippen LogP contribution in [0.4, 0.5) is 0 Å². The average molecular weight is 368 g/mol. The van der Waals surface area contributed by atoms with Crippen LogP contribution in [0.2, 0.25) is 0 Å². The summed E-state index contributed by atoms with van der Waals surface area (Å²) in [6, 6.07) is 10.6. The van der Waals surface area contributed by atoms with E-state index in [1.54, 1.807) is 31.3 Å². The number of nitrogens with one attached hydrogen (secondary N) is 1. The second kappa shape index (κ2) is 7.38. The molecule has 0 saturated carbocycles. The van der Waals surface area contributed by atoms with Crippen LogP contribution in [0.1, 0.15) is 21.8 Å². The maximum absolute atomic E-state index is 12.7. The van der Waals surface area contributed by atoms with Gasteiger partial charge in [0.2, 0.25) is 0 Å². The van der Waals surface area contributed by atoms with Crippen molar-refractivity contribution in [2.45, 2.75) is 25.7 Å². The highest BCUT2D eigenvalue weighted by atomic mass is 16.5. The molecule has 2 atom stereocenters. The molecule has 0 spiro atoms. The van der Waals surface area contributed by atoms with Gasteiger partial charge in [0, 0.05) is 11.6 Å². The minimum atomic E-state index is -0.704. The summed E-state index contributed by atoms with van der Waals surface area (Å²) in [4.78, 5) is 17.0. The summed E-state index contributed by atoms with van der Waals surface area (Å²) in [5.74, 6) is 0.827. The first-order valence-corrected chi connectivity index (χ1v) is 8.74. The number of carbonyl (C=O) groups is 1. The number of nitrogens with zero attached hydrogens (tertiary/aromatic N) is 1. The van der Waals surface area contributed by atoms with E-state index in [1.165, 1.54) is 0 Å². The predicted octanol–water partition coefficient (Wildman–Crippen LogP) is 2.20. The number of benzene rings is 1. The number of ether oxygens (including phenoxy) is 2. The van der Waals surface area contributed by atoms with E-state index in [4.69, 9.17) is 13.9 Å². The van der Waals surface area contributed by atoms with Crippen LogP contribution in [-0.4, -0.2) is 41.4 Å². The Balaban J connectivity index is 1.56. The van der Waals surface area contributed by atoms with E-state index in [0.717, 1.165) is 5.69 Å². The van der Waals surface area contributed by atoms with Gasteiger partial charge in [0.25, 0.3) is 5.91 Å². The maximum atomic E-state index is 12.7. The zero-order valence-corrected chi connectivity index (χ0v) is 14.8. The molecule has 3 heterocycles. The highest BCUT2D eigenvalue weighted by Crippen LogP contribution is 2.29. The van der Waals surface area contributed by atoms with Crippen LogP contribution in [-0.2, 0) is 11.3 Å². The molecule has 0 bridgehead atoms. The van der Waals surface area contributed by atoms with E-state index in [1.807, 2.05) is 18.2 Å². The lowest BCUT2D eigenvalue weighted by Gasteiger charge is -2.14. The van der Waals surface area contributed by atoms with Crippen LogP contribution in [0.15, 0.2) is 47.0 Å². The quantitative estimate of drug-likeness (QED) is 0.717. The summed E-state index contributed by atoms with van der Waals surface area (Å²) in [5, 5.41) is 13.3. The highest BCUT2D eigenvalue weighted by Gasteiger charge is 2.29. The molecule has 7 heteroatoms. The Labute approximate surface area is 155 Å².